The van der Waals surface area contributed by atoms with Gasteiger partial charge in [0.1, 0.15) is 0 Å². The maximum absolute atomic E-state index is 3.72. The molecular formula is C13H25N. The van der Waals surface area contributed by atoms with Crippen LogP contribution in [-0.2, 0) is 0 Å². The van der Waals surface area contributed by atoms with Gasteiger partial charge in [-0.15, -0.1) is 0 Å². The Bertz CT molecular complexity index is 157. The standard InChI is InChI=1S/C13H25N/c1-11(9-12-7-8-12)14-10-13-5-3-2-4-6-13/h11-14H,2-10H2,1H3. The summed E-state index contributed by atoms with van der Waals surface area (Å²) in [5.41, 5.74) is 0. The van der Waals surface area contributed by atoms with Crippen molar-refractivity contribution in [3.8, 4) is 0 Å². The van der Waals surface area contributed by atoms with Gasteiger partial charge in [-0.1, -0.05) is 32.1 Å². The average molecular weight is 195 g/mol. The third-order valence-electron chi connectivity index (χ3n) is 3.86. The molecule has 0 radical (unpaired) electrons. The second-order valence-electron chi connectivity index (χ2n) is 5.49. The summed E-state index contributed by atoms with van der Waals surface area (Å²) in [6.07, 6.45) is 11.8. The van der Waals surface area contributed by atoms with Crippen LogP contribution in [0.1, 0.15) is 58.3 Å². The summed E-state index contributed by atoms with van der Waals surface area (Å²) in [6.45, 7) is 3.65. The van der Waals surface area contributed by atoms with Gasteiger partial charge in [-0.25, -0.2) is 0 Å². The van der Waals surface area contributed by atoms with Gasteiger partial charge in [0.05, 0.1) is 0 Å². The van der Waals surface area contributed by atoms with Crippen LogP contribution in [0.25, 0.3) is 0 Å². The molecule has 0 aromatic rings. The number of hydrogen-bond donors (Lipinski definition) is 1. The fourth-order valence-corrected chi connectivity index (χ4v) is 2.70. The van der Waals surface area contributed by atoms with E-state index in [0.717, 1.165) is 17.9 Å². The summed E-state index contributed by atoms with van der Waals surface area (Å²) < 4.78 is 0. The minimum absolute atomic E-state index is 0.768. The zero-order valence-electron chi connectivity index (χ0n) is 9.60. The Morgan fingerprint density at radius 1 is 1.00 bits per heavy atom. The van der Waals surface area contributed by atoms with E-state index in [-0.39, 0.29) is 0 Å². The third-order valence-corrected chi connectivity index (χ3v) is 3.86. The lowest BCUT2D eigenvalue weighted by atomic mass is 9.89. The molecule has 0 aliphatic heterocycles. The monoisotopic (exact) mass is 195 g/mol. The van der Waals surface area contributed by atoms with Crippen LogP contribution in [0, 0.1) is 11.8 Å². The second kappa shape index (κ2) is 5.16. The van der Waals surface area contributed by atoms with E-state index in [1.807, 2.05) is 0 Å². The van der Waals surface area contributed by atoms with Gasteiger partial charge >= 0.3 is 0 Å². The van der Waals surface area contributed by atoms with Crippen molar-refractivity contribution in [2.45, 2.75) is 64.3 Å². The Morgan fingerprint density at radius 3 is 2.36 bits per heavy atom. The van der Waals surface area contributed by atoms with Gasteiger partial charge in [0.15, 0.2) is 0 Å². The number of hydrogen-bond acceptors (Lipinski definition) is 1. The highest BCUT2D eigenvalue weighted by atomic mass is 14.9. The SMILES string of the molecule is CC(CC1CC1)NCC1CCCCC1. The molecule has 0 heterocycles. The Kier molecular flexibility index (Phi) is 3.86. The molecule has 2 aliphatic rings. The van der Waals surface area contributed by atoms with Crippen molar-refractivity contribution >= 4 is 0 Å². The maximum Gasteiger partial charge on any atom is 0.00414 e. The summed E-state index contributed by atoms with van der Waals surface area (Å²) in [7, 11) is 0. The smallest absolute Gasteiger partial charge is 0.00414 e. The van der Waals surface area contributed by atoms with Crippen LogP contribution in [0.15, 0.2) is 0 Å². The molecule has 2 fully saturated rings. The van der Waals surface area contributed by atoms with Crippen molar-refractivity contribution in [2.24, 2.45) is 11.8 Å². The van der Waals surface area contributed by atoms with E-state index in [4.69, 9.17) is 0 Å². The minimum Gasteiger partial charge on any atom is -0.314 e. The molecule has 2 rings (SSSR count). The second-order valence-corrected chi connectivity index (χ2v) is 5.49. The summed E-state index contributed by atoms with van der Waals surface area (Å²) in [5, 5.41) is 3.72. The van der Waals surface area contributed by atoms with Crippen molar-refractivity contribution in [1.29, 1.82) is 0 Å². The van der Waals surface area contributed by atoms with Crippen molar-refractivity contribution in [2.75, 3.05) is 6.54 Å². The predicted molar refractivity (Wildman–Crippen MR) is 61.4 cm³/mol. The fourth-order valence-electron chi connectivity index (χ4n) is 2.70. The third kappa shape index (κ3) is 3.61. The van der Waals surface area contributed by atoms with E-state index in [1.165, 1.54) is 57.9 Å². The minimum atomic E-state index is 0.768. The quantitative estimate of drug-likeness (QED) is 0.709. The summed E-state index contributed by atoms with van der Waals surface area (Å²) >= 11 is 0. The van der Waals surface area contributed by atoms with Gasteiger partial charge in [-0.2, -0.15) is 0 Å². The molecule has 0 aromatic carbocycles. The Balaban J connectivity index is 1.55. The average Bonchev–Trinajstić information content (AvgIpc) is 3.00. The van der Waals surface area contributed by atoms with E-state index in [9.17, 15) is 0 Å². The van der Waals surface area contributed by atoms with Gasteiger partial charge in [0.2, 0.25) is 0 Å². The molecule has 1 nitrogen and oxygen atoms in total. The Labute approximate surface area is 88.7 Å². The lowest BCUT2D eigenvalue weighted by molar-refractivity contribution is 0.324. The van der Waals surface area contributed by atoms with Crippen LogP contribution >= 0.6 is 0 Å². The molecule has 0 amide bonds. The zero-order valence-corrected chi connectivity index (χ0v) is 9.60. The highest BCUT2D eigenvalue weighted by molar-refractivity contribution is 4.79. The number of nitrogens with one attached hydrogen (secondary N) is 1. The first-order valence-electron chi connectivity index (χ1n) is 6.58. The molecule has 1 atom stereocenters. The van der Waals surface area contributed by atoms with Gasteiger partial charge in [0, 0.05) is 6.04 Å². The molecule has 2 saturated carbocycles. The fraction of sp³-hybridized carbons (Fsp3) is 1.00. The van der Waals surface area contributed by atoms with Gasteiger partial charge in [0.25, 0.3) is 0 Å². The lowest BCUT2D eigenvalue weighted by Gasteiger charge is -2.24. The molecule has 0 aromatic heterocycles. The molecule has 82 valence electrons. The van der Waals surface area contributed by atoms with Crippen LogP contribution in [0.4, 0.5) is 0 Å². The first-order valence-corrected chi connectivity index (χ1v) is 6.58. The Hall–Kier alpha value is -0.0400. The first kappa shape index (κ1) is 10.5. The normalized spacial score (nSPS) is 26.4. The van der Waals surface area contributed by atoms with Crippen LogP contribution in [0.5, 0.6) is 0 Å². The van der Waals surface area contributed by atoms with Crippen molar-refractivity contribution < 1.29 is 0 Å². The molecule has 14 heavy (non-hydrogen) atoms. The molecule has 0 saturated heterocycles. The molecule has 1 heteroatoms. The van der Waals surface area contributed by atoms with Crippen LogP contribution < -0.4 is 5.32 Å². The summed E-state index contributed by atoms with van der Waals surface area (Å²) in [4.78, 5) is 0. The Morgan fingerprint density at radius 2 is 1.71 bits per heavy atom. The number of rotatable bonds is 5. The summed E-state index contributed by atoms with van der Waals surface area (Å²) in [5.74, 6) is 2.06. The van der Waals surface area contributed by atoms with Gasteiger partial charge in [-0.05, 0) is 44.6 Å². The molecule has 0 bridgehead atoms. The molecule has 1 unspecified atom stereocenters. The van der Waals surface area contributed by atoms with E-state index < -0.39 is 0 Å². The van der Waals surface area contributed by atoms with Gasteiger partial charge < -0.3 is 5.32 Å². The van der Waals surface area contributed by atoms with Crippen LogP contribution in [0.2, 0.25) is 0 Å². The summed E-state index contributed by atoms with van der Waals surface area (Å²) in [6, 6.07) is 0.768. The highest BCUT2D eigenvalue weighted by Gasteiger charge is 2.23. The van der Waals surface area contributed by atoms with Crippen molar-refractivity contribution in [3.05, 3.63) is 0 Å². The van der Waals surface area contributed by atoms with E-state index in [2.05, 4.69) is 12.2 Å². The van der Waals surface area contributed by atoms with Crippen molar-refractivity contribution in [3.63, 3.8) is 0 Å². The zero-order chi connectivity index (χ0) is 9.80. The lowest BCUT2D eigenvalue weighted by Crippen LogP contribution is -2.32. The topological polar surface area (TPSA) is 12.0 Å². The molecule has 0 spiro atoms. The molecule has 1 N–H and O–H groups in total. The largest absolute Gasteiger partial charge is 0.314 e. The molecular weight excluding hydrogens is 170 g/mol. The highest BCUT2D eigenvalue weighted by Crippen LogP contribution is 2.33. The van der Waals surface area contributed by atoms with E-state index in [0.29, 0.717) is 0 Å². The van der Waals surface area contributed by atoms with E-state index in [1.54, 1.807) is 0 Å². The first-order chi connectivity index (χ1) is 6.84. The van der Waals surface area contributed by atoms with Crippen LogP contribution in [0.3, 0.4) is 0 Å². The molecule has 2 aliphatic carbocycles. The van der Waals surface area contributed by atoms with Gasteiger partial charge in [-0.3, -0.25) is 0 Å². The maximum atomic E-state index is 3.72. The van der Waals surface area contributed by atoms with Crippen molar-refractivity contribution in [1.82, 2.24) is 5.32 Å². The predicted octanol–water partition coefficient (Wildman–Crippen LogP) is 3.34. The van der Waals surface area contributed by atoms with Crippen LogP contribution in [-0.4, -0.2) is 12.6 Å². The van der Waals surface area contributed by atoms with E-state index >= 15 is 0 Å².